The molecule has 0 spiro atoms. The predicted molar refractivity (Wildman–Crippen MR) is 53.9 cm³/mol. The number of hydrogen-bond donors (Lipinski definition) is 0. The molecule has 0 saturated heterocycles. The molecule has 13 heavy (non-hydrogen) atoms. The van der Waals surface area contributed by atoms with Gasteiger partial charge in [-0.05, 0) is 12.8 Å². The van der Waals surface area contributed by atoms with Gasteiger partial charge in [0.25, 0.3) is 0 Å². The van der Waals surface area contributed by atoms with Crippen molar-refractivity contribution >= 4 is 11.6 Å². The monoisotopic (exact) mass is 201 g/mol. The van der Waals surface area contributed by atoms with Crippen LogP contribution in [0.3, 0.4) is 0 Å². The van der Waals surface area contributed by atoms with Crippen molar-refractivity contribution in [3.63, 3.8) is 0 Å². The summed E-state index contributed by atoms with van der Waals surface area (Å²) in [6, 6.07) is 1.94. The van der Waals surface area contributed by atoms with E-state index in [2.05, 4.69) is 12.1 Å². The molecule has 0 radical (unpaired) electrons. The minimum Gasteiger partial charge on any atom is -0.360 e. The SMILES string of the molecule is CCCCCCc1cc(CCl)on1. The number of alkyl halides is 1. The molecule has 0 saturated carbocycles. The lowest BCUT2D eigenvalue weighted by molar-refractivity contribution is 0.386. The summed E-state index contributed by atoms with van der Waals surface area (Å²) in [4.78, 5) is 0. The summed E-state index contributed by atoms with van der Waals surface area (Å²) in [7, 11) is 0. The van der Waals surface area contributed by atoms with Gasteiger partial charge in [-0.15, -0.1) is 11.6 Å². The number of aromatic nitrogens is 1. The largest absolute Gasteiger partial charge is 0.360 e. The topological polar surface area (TPSA) is 26.0 Å². The lowest BCUT2D eigenvalue weighted by Crippen LogP contribution is -1.84. The summed E-state index contributed by atoms with van der Waals surface area (Å²) in [5, 5.41) is 3.93. The zero-order valence-electron chi connectivity index (χ0n) is 8.05. The molecule has 0 aliphatic rings. The van der Waals surface area contributed by atoms with Gasteiger partial charge in [-0.25, -0.2) is 0 Å². The van der Waals surface area contributed by atoms with Gasteiger partial charge in [-0.1, -0.05) is 31.3 Å². The zero-order chi connectivity index (χ0) is 9.52. The molecule has 3 heteroatoms. The van der Waals surface area contributed by atoms with Crippen LogP contribution in [-0.4, -0.2) is 5.16 Å². The fourth-order valence-electron chi connectivity index (χ4n) is 1.27. The van der Waals surface area contributed by atoms with E-state index in [1.54, 1.807) is 0 Å². The molecular formula is C10H16ClNO. The average molecular weight is 202 g/mol. The van der Waals surface area contributed by atoms with Crippen LogP contribution in [0.1, 0.15) is 44.1 Å². The summed E-state index contributed by atoms with van der Waals surface area (Å²) < 4.78 is 4.99. The molecule has 0 aromatic carbocycles. The molecule has 1 rings (SSSR count). The Bertz CT molecular complexity index is 235. The van der Waals surface area contributed by atoms with Gasteiger partial charge in [0.2, 0.25) is 0 Å². The van der Waals surface area contributed by atoms with E-state index in [0.717, 1.165) is 17.9 Å². The van der Waals surface area contributed by atoms with Crippen molar-refractivity contribution in [2.75, 3.05) is 0 Å². The van der Waals surface area contributed by atoms with Crippen LogP contribution in [0, 0.1) is 0 Å². The van der Waals surface area contributed by atoms with Gasteiger partial charge in [0.05, 0.1) is 11.6 Å². The second kappa shape index (κ2) is 6.03. The van der Waals surface area contributed by atoms with Gasteiger partial charge in [0.1, 0.15) is 0 Å². The molecule has 0 aliphatic heterocycles. The number of unbranched alkanes of at least 4 members (excludes halogenated alkanes) is 3. The Kier molecular flexibility index (Phi) is 4.91. The molecule has 0 aliphatic carbocycles. The summed E-state index contributed by atoms with van der Waals surface area (Å²) in [5.74, 6) is 1.19. The minimum absolute atomic E-state index is 0.419. The second-order valence-electron chi connectivity index (χ2n) is 3.23. The molecule has 1 aromatic rings. The number of nitrogens with zero attached hydrogens (tertiary/aromatic N) is 1. The third-order valence-corrected chi connectivity index (χ3v) is 2.29. The van der Waals surface area contributed by atoms with Crippen molar-refractivity contribution in [3.05, 3.63) is 17.5 Å². The van der Waals surface area contributed by atoms with Gasteiger partial charge < -0.3 is 4.52 Å². The highest BCUT2D eigenvalue weighted by Crippen LogP contribution is 2.10. The third kappa shape index (κ3) is 3.81. The Morgan fingerprint density at radius 1 is 1.38 bits per heavy atom. The molecule has 0 N–H and O–H groups in total. The maximum absolute atomic E-state index is 5.59. The van der Waals surface area contributed by atoms with Crippen molar-refractivity contribution < 1.29 is 4.52 Å². The van der Waals surface area contributed by atoms with E-state index >= 15 is 0 Å². The molecule has 0 amide bonds. The van der Waals surface area contributed by atoms with Crippen LogP contribution in [-0.2, 0) is 12.3 Å². The summed E-state index contributed by atoms with van der Waals surface area (Å²) in [6.07, 6.45) is 6.06. The van der Waals surface area contributed by atoms with Crippen molar-refractivity contribution in [2.45, 2.75) is 44.9 Å². The van der Waals surface area contributed by atoms with E-state index in [9.17, 15) is 0 Å². The molecule has 1 aromatic heterocycles. The highest BCUT2D eigenvalue weighted by molar-refractivity contribution is 6.16. The summed E-state index contributed by atoms with van der Waals surface area (Å²) in [5.41, 5.74) is 1.03. The molecule has 0 unspecified atom stereocenters. The fraction of sp³-hybridized carbons (Fsp3) is 0.700. The standard InChI is InChI=1S/C10H16ClNO/c1-2-3-4-5-6-9-7-10(8-11)13-12-9/h7H,2-6,8H2,1H3. The Balaban J connectivity index is 2.20. The number of halogens is 1. The molecule has 0 bridgehead atoms. The third-order valence-electron chi connectivity index (χ3n) is 2.03. The van der Waals surface area contributed by atoms with Crippen molar-refractivity contribution in [3.8, 4) is 0 Å². The Labute approximate surface area is 84.3 Å². The van der Waals surface area contributed by atoms with E-state index < -0.39 is 0 Å². The summed E-state index contributed by atoms with van der Waals surface area (Å²) in [6.45, 7) is 2.21. The molecule has 74 valence electrons. The maximum atomic E-state index is 5.59. The lowest BCUT2D eigenvalue weighted by Gasteiger charge is -1.94. The summed E-state index contributed by atoms with van der Waals surface area (Å²) >= 11 is 5.59. The number of aryl methyl sites for hydroxylation is 1. The second-order valence-corrected chi connectivity index (χ2v) is 3.50. The lowest BCUT2D eigenvalue weighted by atomic mass is 10.1. The van der Waals surface area contributed by atoms with Gasteiger partial charge in [0.15, 0.2) is 5.76 Å². The fourth-order valence-corrected chi connectivity index (χ4v) is 1.40. The first-order chi connectivity index (χ1) is 6.36. The minimum atomic E-state index is 0.419. The van der Waals surface area contributed by atoms with E-state index in [4.69, 9.17) is 16.1 Å². The Hall–Kier alpha value is -0.500. The van der Waals surface area contributed by atoms with Crippen molar-refractivity contribution in [2.24, 2.45) is 0 Å². The maximum Gasteiger partial charge on any atom is 0.151 e. The molecular weight excluding hydrogens is 186 g/mol. The van der Waals surface area contributed by atoms with Crippen LogP contribution in [0.5, 0.6) is 0 Å². The van der Waals surface area contributed by atoms with Crippen molar-refractivity contribution in [1.29, 1.82) is 0 Å². The van der Waals surface area contributed by atoms with Gasteiger partial charge >= 0.3 is 0 Å². The van der Waals surface area contributed by atoms with E-state index in [1.165, 1.54) is 25.7 Å². The van der Waals surface area contributed by atoms with Gasteiger partial charge in [-0.2, -0.15) is 0 Å². The quantitative estimate of drug-likeness (QED) is 0.520. The first kappa shape index (κ1) is 10.6. The normalized spacial score (nSPS) is 10.6. The first-order valence-electron chi connectivity index (χ1n) is 4.87. The van der Waals surface area contributed by atoms with Crippen LogP contribution >= 0.6 is 11.6 Å². The smallest absolute Gasteiger partial charge is 0.151 e. The van der Waals surface area contributed by atoms with Gasteiger partial charge in [-0.3, -0.25) is 0 Å². The predicted octanol–water partition coefficient (Wildman–Crippen LogP) is 3.54. The van der Waals surface area contributed by atoms with Crippen LogP contribution in [0.4, 0.5) is 0 Å². The number of rotatable bonds is 6. The van der Waals surface area contributed by atoms with Crippen LogP contribution in [0.2, 0.25) is 0 Å². The van der Waals surface area contributed by atoms with Crippen LogP contribution in [0.15, 0.2) is 10.6 Å². The van der Waals surface area contributed by atoms with Crippen LogP contribution < -0.4 is 0 Å². The molecule has 0 fully saturated rings. The zero-order valence-corrected chi connectivity index (χ0v) is 8.81. The Morgan fingerprint density at radius 2 is 2.23 bits per heavy atom. The Morgan fingerprint density at radius 3 is 2.85 bits per heavy atom. The number of hydrogen-bond acceptors (Lipinski definition) is 2. The molecule has 0 atom stereocenters. The molecule has 1 heterocycles. The van der Waals surface area contributed by atoms with Crippen molar-refractivity contribution in [1.82, 2.24) is 5.16 Å². The van der Waals surface area contributed by atoms with Gasteiger partial charge in [0, 0.05) is 6.07 Å². The average Bonchev–Trinajstić information content (AvgIpc) is 2.60. The molecule has 2 nitrogen and oxygen atoms in total. The highest BCUT2D eigenvalue weighted by Gasteiger charge is 2.01. The highest BCUT2D eigenvalue weighted by atomic mass is 35.5. The van der Waals surface area contributed by atoms with E-state index in [-0.39, 0.29) is 0 Å². The first-order valence-corrected chi connectivity index (χ1v) is 5.40. The van der Waals surface area contributed by atoms with E-state index in [1.807, 2.05) is 6.07 Å². The van der Waals surface area contributed by atoms with E-state index in [0.29, 0.717) is 5.88 Å². The van der Waals surface area contributed by atoms with Crippen LogP contribution in [0.25, 0.3) is 0 Å².